The Hall–Kier alpha value is -4.62. The van der Waals surface area contributed by atoms with E-state index in [1.54, 1.807) is 48.6 Å². The number of allylic oxidation sites excluding steroid dienone is 8. The predicted octanol–water partition coefficient (Wildman–Crippen LogP) is 3.50. The minimum atomic E-state index is -1.17. The summed E-state index contributed by atoms with van der Waals surface area (Å²) in [5, 5.41) is 28.4. The van der Waals surface area contributed by atoms with Crippen LogP contribution in [0.3, 0.4) is 0 Å². The number of quaternary nitrogens is 2. The van der Waals surface area contributed by atoms with E-state index in [1.807, 2.05) is 0 Å². The smallest absolute Gasteiger partial charge is 0.447 e. The molecule has 0 radical (unpaired) electrons. The number of amides is 4. The van der Waals surface area contributed by atoms with Gasteiger partial charge < -0.3 is 14.6 Å². The highest BCUT2D eigenvalue weighted by molar-refractivity contribution is 6.02. The van der Waals surface area contributed by atoms with Gasteiger partial charge in [-0.2, -0.15) is 0 Å². The molecule has 6 aliphatic heterocycles. The largest absolute Gasteiger partial charge is 0.465 e. The van der Waals surface area contributed by atoms with Crippen LogP contribution in [0.1, 0.15) is 38.5 Å². The topological polar surface area (TPSA) is 154 Å². The van der Waals surface area contributed by atoms with Crippen LogP contribution >= 0.6 is 0 Å². The first-order valence-corrected chi connectivity index (χ1v) is 13.7. The van der Waals surface area contributed by atoms with Crippen molar-refractivity contribution >= 4 is 36.0 Å². The predicted molar refractivity (Wildman–Crippen MR) is 143 cm³/mol. The van der Waals surface area contributed by atoms with E-state index >= 15 is 0 Å². The third-order valence-electron chi connectivity index (χ3n) is 8.95. The van der Waals surface area contributed by atoms with E-state index in [9.17, 15) is 29.4 Å². The molecule has 2 saturated heterocycles. The summed E-state index contributed by atoms with van der Waals surface area (Å²) in [6.45, 7) is 0.493. The maximum atomic E-state index is 14.4. The number of hydrogen-bond donors (Lipinski definition) is 2. The number of carbonyl (C=O) groups is 4. The van der Waals surface area contributed by atoms with Crippen LogP contribution in [0.25, 0.3) is 0 Å². The average molecular weight is 561 g/mol. The maximum Gasteiger partial charge on any atom is 0.447 e. The van der Waals surface area contributed by atoms with E-state index in [1.165, 1.54) is 9.80 Å². The maximum absolute atomic E-state index is 14.4. The fraction of sp³-hybridized carbons (Fsp3) is 0.357. The van der Waals surface area contributed by atoms with Crippen LogP contribution in [-0.2, 0) is 9.59 Å². The molecular weight excluding hydrogens is 532 g/mol. The number of piperidine rings is 2. The van der Waals surface area contributed by atoms with Crippen molar-refractivity contribution in [3.8, 4) is 0 Å². The Labute approximate surface area is 234 Å². The van der Waals surface area contributed by atoms with E-state index in [4.69, 9.17) is 4.42 Å². The molecule has 7 heterocycles. The monoisotopic (exact) mass is 560 g/mol. The summed E-state index contributed by atoms with van der Waals surface area (Å²) in [7, 11) is 0. The van der Waals surface area contributed by atoms with Crippen LogP contribution in [0.2, 0.25) is 0 Å². The lowest BCUT2D eigenvalue weighted by Gasteiger charge is -2.36. The number of hydrogen-bond acceptors (Lipinski definition) is 7. The Morgan fingerprint density at radius 2 is 1.02 bits per heavy atom. The molecule has 0 unspecified atom stereocenters. The van der Waals surface area contributed by atoms with Gasteiger partial charge in [-0.05, 0) is 48.7 Å². The van der Waals surface area contributed by atoms with E-state index < -0.39 is 45.1 Å². The summed E-state index contributed by atoms with van der Waals surface area (Å²) in [5.74, 6) is -0.851. The standard InChI is InChI=1S/C28H26N6O7/c35-23(21-5-1-3-15-31(21)27(37)38)33(17-7-8-18(33)10-9-17)25-29-30-26(41-25)34(19-11-12-20(34)14-13-19)24(36)22-6-2-4-16-32(22)28(39)40/h7-14,21-22H,1-6,15-16H2/p+2/t21-,22-/m0/s1. The van der Waals surface area contributed by atoms with Crippen molar-refractivity contribution in [1.29, 1.82) is 0 Å². The molecule has 13 nitrogen and oxygen atoms in total. The van der Waals surface area contributed by atoms with Gasteiger partial charge in [0.1, 0.15) is 0 Å². The molecule has 2 N–H and O–H groups in total. The summed E-state index contributed by atoms with van der Waals surface area (Å²) >= 11 is 0. The molecule has 0 saturated carbocycles. The van der Waals surface area contributed by atoms with Crippen molar-refractivity contribution in [2.75, 3.05) is 13.1 Å². The van der Waals surface area contributed by atoms with Gasteiger partial charge in [0.2, 0.25) is 0 Å². The highest BCUT2D eigenvalue weighted by Gasteiger charge is 2.63. The number of fused-ring (bicyclic) bond motifs is 4. The van der Waals surface area contributed by atoms with Gasteiger partial charge in [-0.3, -0.25) is 9.80 Å². The molecule has 13 heteroatoms. The van der Waals surface area contributed by atoms with Crippen molar-refractivity contribution in [1.82, 2.24) is 29.0 Å². The highest BCUT2D eigenvalue weighted by Crippen LogP contribution is 2.50. The minimum Gasteiger partial charge on any atom is -0.465 e. The Morgan fingerprint density at radius 3 is 1.34 bits per heavy atom. The second-order valence-corrected chi connectivity index (χ2v) is 10.9. The van der Waals surface area contributed by atoms with Crippen LogP contribution in [0.15, 0.2) is 75.8 Å². The van der Waals surface area contributed by atoms with Gasteiger partial charge in [0.15, 0.2) is 34.9 Å². The van der Waals surface area contributed by atoms with Gasteiger partial charge in [-0.1, -0.05) is 0 Å². The van der Waals surface area contributed by atoms with Gasteiger partial charge in [0.25, 0.3) is 0 Å². The highest BCUT2D eigenvalue weighted by atomic mass is 16.4. The number of carboxylic acid groups (broad SMARTS) is 2. The van der Waals surface area contributed by atoms with Crippen LogP contribution in [0.4, 0.5) is 21.6 Å². The zero-order chi connectivity index (χ0) is 28.5. The van der Waals surface area contributed by atoms with E-state index in [0.29, 0.717) is 61.3 Å². The molecule has 0 aliphatic carbocycles. The second-order valence-electron chi connectivity index (χ2n) is 10.9. The van der Waals surface area contributed by atoms with Crippen LogP contribution in [0, 0.1) is 0 Å². The lowest BCUT2D eigenvalue weighted by atomic mass is 10.00. The second kappa shape index (κ2) is 8.94. The molecule has 1 aromatic heterocycles. The summed E-state index contributed by atoms with van der Waals surface area (Å²) in [5.41, 5.74) is 2.16. The van der Waals surface area contributed by atoms with Crippen molar-refractivity contribution < 1.29 is 33.8 Å². The average Bonchev–Trinajstić information content (AvgIpc) is 3.82. The zero-order valence-corrected chi connectivity index (χ0v) is 22.0. The van der Waals surface area contributed by atoms with E-state index in [2.05, 4.69) is 10.2 Å². The Morgan fingerprint density at radius 1 is 0.659 bits per heavy atom. The Balaban J connectivity index is 1.33. The molecule has 210 valence electrons. The third kappa shape index (κ3) is 3.24. The zero-order valence-electron chi connectivity index (χ0n) is 22.0. The molecule has 7 rings (SSSR count). The Kier molecular flexibility index (Phi) is 5.53. The van der Waals surface area contributed by atoms with Gasteiger partial charge >= 0.3 is 36.0 Å². The fourth-order valence-electron chi connectivity index (χ4n) is 7.00. The normalized spacial score (nSPS) is 26.5. The Bertz CT molecular complexity index is 1440. The van der Waals surface area contributed by atoms with Crippen LogP contribution in [-0.4, -0.2) is 79.4 Å². The fourth-order valence-corrected chi connectivity index (χ4v) is 7.00. The number of likely N-dealkylation sites (tertiary alicyclic amines) is 2. The molecule has 4 amide bonds. The lowest BCUT2D eigenvalue weighted by Crippen LogP contribution is -2.60. The van der Waals surface area contributed by atoms with E-state index in [-0.39, 0.29) is 25.1 Å². The molecule has 41 heavy (non-hydrogen) atoms. The lowest BCUT2D eigenvalue weighted by molar-refractivity contribution is -0.133. The summed E-state index contributed by atoms with van der Waals surface area (Å²) < 4.78 is 5.21. The number of rotatable bonds is 4. The SMILES string of the molecule is O=C(O)N1CCCC[C@H]1C(=O)[N+]1(c2nnc([N+]3(C(=O)[C@@H]4CCCCN4C(=O)O)C4=CC=C3C=C4)o2)C2=CC=C1C=C2. The van der Waals surface area contributed by atoms with Crippen molar-refractivity contribution in [2.24, 2.45) is 0 Å². The molecular formula is C28H28N6O7+2. The quantitative estimate of drug-likeness (QED) is 0.527. The summed E-state index contributed by atoms with van der Waals surface area (Å²) in [6.07, 6.45) is 15.2. The van der Waals surface area contributed by atoms with Crippen molar-refractivity contribution in [2.45, 2.75) is 50.6 Å². The molecule has 6 aliphatic rings. The van der Waals surface area contributed by atoms with Gasteiger partial charge in [0.05, 0.1) is 0 Å². The first kappa shape index (κ1) is 25.4. The minimum absolute atomic E-state index is 0.0996. The van der Waals surface area contributed by atoms with Gasteiger partial charge in [0, 0.05) is 61.7 Å². The third-order valence-corrected chi connectivity index (χ3v) is 8.95. The molecule has 0 spiro atoms. The van der Waals surface area contributed by atoms with Crippen molar-refractivity contribution in [3.63, 3.8) is 0 Å². The molecule has 2 atom stereocenters. The number of aromatic nitrogens is 2. The first-order valence-electron chi connectivity index (χ1n) is 13.7. The van der Waals surface area contributed by atoms with Crippen LogP contribution < -0.4 is 8.97 Å². The molecule has 0 aromatic carbocycles. The molecule has 4 bridgehead atoms. The van der Waals surface area contributed by atoms with E-state index in [0.717, 1.165) is 0 Å². The molecule has 1 aromatic rings. The van der Waals surface area contributed by atoms with Gasteiger partial charge in [-0.25, -0.2) is 19.2 Å². The molecule has 2 fully saturated rings. The van der Waals surface area contributed by atoms with Gasteiger partial charge in [-0.15, -0.1) is 8.97 Å². The number of carbonyl (C=O) groups excluding carboxylic acids is 2. The first-order chi connectivity index (χ1) is 19.8. The summed E-state index contributed by atoms with van der Waals surface area (Å²) in [4.78, 5) is 55.3. The van der Waals surface area contributed by atoms with Crippen LogP contribution in [0.5, 0.6) is 0 Å². The van der Waals surface area contributed by atoms with Crippen molar-refractivity contribution in [3.05, 3.63) is 71.4 Å². The summed E-state index contributed by atoms with van der Waals surface area (Å²) in [6, 6.07) is -2.05. The number of nitrogens with zero attached hydrogens (tertiary/aromatic N) is 6.